The van der Waals surface area contributed by atoms with Crippen molar-refractivity contribution in [3.63, 3.8) is 0 Å². The lowest BCUT2D eigenvalue weighted by Crippen LogP contribution is -2.41. The summed E-state index contributed by atoms with van der Waals surface area (Å²) in [5.41, 5.74) is 0. The van der Waals surface area contributed by atoms with Crippen LogP contribution in [-0.2, 0) is 4.79 Å². The van der Waals surface area contributed by atoms with Gasteiger partial charge in [0.2, 0.25) is 5.91 Å². The van der Waals surface area contributed by atoms with E-state index in [1.807, 2.05) is 6.26 Å². The lowest BCUT2D eigenvalue weighted by Gasteiger charge is -2.20. The van der Waals surface area contributed by atoms with E-state index in [0.29, 0.717) is 5.75 Å². The fourth-order valence-corrected chi connectivity index (χ4v) is 2.49. The monoisotopic (exact) mass is 235 g/mol. The lowest BCUT2D eigenvalue weighted by molar-refractivity contribution is -0.119. The molecule has 1 fully saturated rings. The van der Waals surface area contributed by atoms with E-state index in [0.717, 1.165) is 12.8 Å². The first-order valence-electron chi connectivity index (χ1n) is 5.16. The van der Waals surface area contributed by atoms with Crippen LogP contribution in [0.1, 0.15) is 32.1 Å². The van der Waals surface area contributed by atoms with Crippen molar-refractivity contribution in [3.8, 4) is 0 Å². The molecule has 1 saturated carbocycles. The van der Waals surface area contributed by atoms with Crippen molar-refractivity contribution >= 4 is 29.3 Å². The van der Waals surface area contributed by atoms with Crippen LogP contribution in [0.3, 0.4) is 0 Å². The number of thioether (sulfide) groups is 1. The zero-order valence-electron chi connectivity index (χ0n) is 8.59. The number of amides is 1. The van der Waals surface area contributed by atoms with Gasteiger partial charge in [0.15, 0.2) is 0 Å². The molecule has 0 aromatic carbocycles. The number of alkyl halides is 1. The van der Waals surface area contributed by atoms with E-state index >= 15 is 0 Å². The van der Waals surface area contributed by atoms with E-state index in [1.165, 1.54) is 19.3 Å². The van der Waals surface area contributed by atoms with Crippen LogP contribution in [0.5, 0.6) is 0 Å². The average Bonchev–Trinajstić information content (AvgIpc) is 2.33. The van der Waals surface area contributed by atoms with Crippen LogP contribution in [0.25, 0.3) is 0 Å². The molecule has 0 aliphatic heterocycles. The molecule has 0 saturated heterocycles. The Morgan fingerprint density at radius 2 is 2.14 bits per heavy atom. The molecule has 2 nitrogen and oxygen atoms in total. The Morgan fingerprint density at radius 3 is 2.86 bits per heavy atom. The minimum atomic E-state index is 0.120. The van der Waals surface area contributed by atoms with Gasteiger partial charge in [-0.1, -0.05) is 19.3 Å². The Hall–Kier alpha value is 0.110. The summed E-state index contributed by atoms with van der Waals surface area (Å²) in [6.45, 7) is 0. The minimum absolute atomic E-state index is 0.120. The van der Waals surface area contributed by atoms with Crippen molar-refractivity contribution in [1.82, 2.24) is 5.32 Å². The predicted octanol–water partition coefficient (Wildman–Crippen LogP) is 2.41. The van der Waals surface area contributed by atoms with Gasteiger partial charge in [-0.25, -0.2) is 0 Å². The van der Waals surface area contributed by atoms with Crippen LogP contribution in [-0.4, -0.2) is 29.3 Å². The third-order valence-electron chi connectivity index (χ3n) is 2.55. The highest BCUT2D eigenvalue weighted by Crippen LogP contribution is 2.22. The first-order chi connectivity index (χ1) is 6.74. The number of rotatable bonds is 3. The van der Waals surface area contributed by atoms with Gasteiger partial charge in [-0.15, -0.1) is 11.6 Å². The van der Waals surface area contributed by atoms with Crippen LogP contribution in [0.15, 0.2) is 0 Å². The van der Waals surface area contributed by atoms with Gasteiger partial charge in [0.1, 0.15) is 0 Å². The third kappa shape index (κ3) is 4.09. The first kappa shape index (κ1) is 12.2. The van der Waals surface area contributed by atoms with E-state index < -0.39 is 0 Å². The topological polar surface area (TPSA) is 29.1 Å². The maximum atomic E-state index is 11.4. The quantitative estimate of drug-likeness (QED) is 0.601. The number of carbonyl (C=O) groups is 1. The molecule has 4 heteroatoms. The minimum Gasteiger partial charge on any atom is -0.351 e. The Labute approximate surface area is 95.2 Å². The molecule has 1 rings (SSSR count). The normalized spacial score (nSPS) is 28.1. The summed E-state index contributed by atoms with van der Waals surface area (Å²) >= 11 is 7.76. The van der Waals surface area contributed by atoms with Crippen LogP contribution in [0, 0.1) is 0 Å². The second-order valence-corrected chi connectivity index (χ2v) is 5.19. The van der Waals surface area contributed by atoms with Crippen LogP contribution in [0.4, 0.5) is 0 Å². The van der Waals surface area contributed by atoms with Gasteiger partial charge in [0.05, 0.1) is 11.1 Å². The zero-order chi connectivity index (χ0) is 10.4. The molecule has 1 amide bonds. The number of nitrogens with one attached hydrogen (secondary N) is 1. The maximum absolute atomic E-state index is 11.4. The molecule has 14 heavy (non-hydrogen) atoms. The summed E-state index contributed by atoms with van der Waals surface area (Å²) in [5.74, 6) is 0.662. The summed E-state index contributed by atoms with van der Waals surface area (Å²) in [5, 5.41) is 3.15. The fraction of sp³-hybridized carbons (Fsp3) is 0.900. The fourth-order valence-electron chi connectivity index (χ4n) is 1.80. The highest BCUT2D eigenvalue weighted by Gasteiger charge is 2.22. The molecule has 0 radical (unpaired) electrons. The van der Waals surface area contributed by atoms with E-state index in [4.69, 9.17) is 11.6 Å². The molecule has 1 N–H and O–H groups in total. The maximum Gasteiger partial charge on any atom is 0.230 e. The first-order valence-corrected chi connectivity index (χ1v) is 6.99. The summed E-state index contributed by atoms with van der Waals surface area (Å²) in [6.07, 6.45) is 7.64. The van der Waals surface area contributed by atoms with Gasteiger partial charge in [-0.2, -0.15) is 11.8 Å². The van der Waals surface area contributed by atoms with E-state index in [1.54, 1.807) is 11.8 Å². The van der Waals surface area contributed by atoms with Crippen LogP contribution >= 0.6 is 23.4 Å². The van der Waals surface area contributed by atoms with Crippen molar-refractivity contribution in [2.24, 2.45) is 0 Å². The van der Waals surface area contributed by atoms with Gasteiger partial charge >= 0.3 is 0 Å². The van der Waals surface area contributed by atoms with Crippen molar-refractivity contribution in [2.45, 2.75) is 43.5 Å². The van der Waals surface area contributed by atoms with Crippen molar-refractivity contribution in [3.05, 3.63) is 0 Å². The smallest absolute Gasteiger partial charge is 0.230 e. The number of hydrogen-bond donors (Lipinski definition) is 1. The summed E-state index contributed by atoms with van der Waals surface area (Å²) < 4.78 is 0. The number of carbonyl (C=O) groups excluding carboxylic acids is 1. The van der Waals surface area contributed by atoms with Gasteiger partial charge in [-0.05, 0) is 19.1 Å². The van der Waals surface area contributed by atoms with Crippen LogP contribution < -0.4 is 5.32 Å². The zero-order valence-corrected chi connectivity index (χ0v) is 10.2. The van der Waals surface area contributed by atoms with E-state index in [-0.39, 0.29) is 17.3 Å². The predicted molar refractivity (Wildman–Crippen MR) is 63.0 cm³/mol. The largest absolute Gasteiger partial charge is 0.351 e. The Kier molecular flexibility index (Phi) is 5.71. The van der Waals surface area contributed by atoms with E-state index in [2.05, 4.69) is 5.32 Å². The molecular weight excluding hydrogens is 218 g/mol. The van der Waals surface area contributed by atoms with Gasteiger partial charge < -0.3 is 5.32 Å². The molecular formula is C10H18ClNOS. The second-order valence-electron chi connectivity index (χ2n) is 3.76. The van der Waals surface area contributed by atoms with Gasteiger partial charge in [-0.3, -0.25) is 4.79 Å². The van der Waals surface area contributed by atoms with Crippen molar-refractivity contribution in [2.75, 3.05) is 12.0 Å². The number of hydrogen-bond acceptors (Lipinski definition) is 2. The average molecular weight is 236 g/mol. The van der Waals surface area contributed by atoms with Crippen molar-refractivity contribution in [1.29, 1.82) is 0 Å². The molecule has 0 aromatic heterocycles. The molecule has 2 unspecified atom stereocenters. The molecule has 82 valence electrons. The lowest BCUT2D eigenvalue weighted by atomic mass is 10.1. The Bertz CT molecular complexity index is 189. The summed E-state index contributed by atoms with van der Waals surface area (Å²) in [7, 11) is 0. The van der Waals surface area contributed by atoms with E-state index in [9.17, 15) is 4.79 Å². The summed E-state index contributed by atoms with van der Waals surface area (Å²) in [6, 6.07) is 0.193. The molecule has 0 heterocycles. The molecule has 0 spiro atoms. The standard InChI is InChI=1S/C10H18ClNOS/c1-14-7-10(13)12-9-6-4-2-3-5-8(9)11/h8-9H,2-7H2,1H3,(H,12,13). The molecule has 0 bridgehead atoms. The van der Waals surface area contributed by atoms with Crippen LogP contribution in [0.2, 0.25) is 0 Å². The van der Waals surface area contributed by atoms with Gasteiger partial charge in [0, 0.05) is 6.04 Å². The Morgan fingerprint density at radius 1 is 1.43 bits per heavy atom. The molecule has 2 atom stereocenters. The van der Waals surface area contributed by atoms with Gasteiger partial charge in [0.25, 0.3) is 0 Å². The molecule has 1 aliphatic rings. The number of halogens is 1. The van der Waals surface area contributed by atoms with Crippen molar-refractivity contribution < 1.29 is 4.79 Å². The highest BCUT2D eigenvalue weighted by molar-refractivity contribution is 7.99. The Balaban J connectivity index is 2.36. The summed E-state index contributed by atoms with van der Waals surface area (Å²) in [4.78, 5) is 11.4. The SMILES string of the molecule is CSCC(=O)NC1CCCCCC1Cl. The second kappa shape index (κ2) is 6.57. The highest BCUT2D eigenvalue weighted by atomic mass is 35.5. The molecule has 0 aromatic rings. The molecule has 1 aliphatic carbocycles. The third-order valence-corrected chi connectivity index (χ3v) is 3.63.